The minimum Gasteiger partial charge on any atom is -0.468 e. The van der Waals surface area contributed by atoms with Crippen LogP contribution in [-0.2, 0) is 18.3 Å². The molecule has 0 radical (unpaired) electrons. The Balaban J connectivity index is 1.39. The van der Waals surface area contributed by atoms with Crippen molar-refractivity contribution in [1.29, 1.82) is 0 Å². The number of carbonyl (C=O) groups excluding carboxylic acids is 1. The van der Waals surface area contributed by atoms with Crippen LogP contribution in [0.3, 0.4) is 0 Å². The van der Waals surface area contributed by atoms with Crippen LogP contribution in [0.4, 0.5) is 0 Å². The molecule has 2 saturated heterocycles. The molecule has 2 aliphatic heterocycles. The monoisotopic (exact) mass is 357 g/mol. The molecule has 0 spiro atoms. The molecule has 6 nitrogen and oxygen atoms in total. The van der Waals surface area contributed by atoms with Gasteiger partial charge in [0.2, 0.25) is 0 Å². The van der Waals surface area contributed by atoms with Gasteiger partial charge in [-0.2, -0.15) is 0 Å². The van der Waals surface area contributed by atoms with Gasteiger partial charge in [0, 0.05) is 38.8 Å². The van der Waals surface area contributed by atoms with E-state index in [4.69, 9.17) is 9.15 Å². The Bertz CT molecular complexity index is 739. The lowest BCUT2D eigenvalue weighted by Crippen LogP contribution is -2.47. The van der Waals surface area contributed by atoms with Crippen LogP contribution in [0.15, 0.2) is 41.1 Å². The van der Waals surface area contributed by atoms with Crippen LogP contribution in [0.1, 0.15) is 22.7 Å². The molecule has 1 amide bonds. The molecule has 0 bridgehead atoms. The molecule has 0 aliphatic carbocycles. The highest BCUT2D eigenvalue weighted by Gasteiger charge is 2.42. The van der Waals surface area contributed by atoms with Crippen LogP contribution in [0.25, 0.3) is 0 Å². The number of likely N-dealkylation sites (tertiary alicyclic amines) is 1. The first-order valence-electron chi connectivity index (χ1n) is 9.35. The van der Waals surface area contributed by atoms with Gasteiger partial charge in [0.1, 0.15) is 11.5 Å². The van der Waals surface area contributed by atoms with E-state index >= 15 is 0 Å². The summed E-state index contributed by atoms with van der Waals surface area (Å²) in [5.41, 5.74) is 0.758. The Morgan fingerprint density at radius 1 is 1.35 bits per heavy atom. The minimum absolute atomic E-state index is 0.130. The third-order valence-electron chi connectivity index (χ3n) is 5.76. The van der Waals surface area contributed by atoms with E-state index in [2.05, 4.69) is 11.9 Å². The number of rotatable bonds is 5. The zero-order valence-electron chi connectivity index (χ0n) is 15.5. The predicted octanol–water partition coefficient (Wildman–Crippen LogP) is 2.23. The first-order chi connectivity index (χ1) is 12.6. The summed E-state index contributed by atoms with van der Waals surface area (Å²) < 4.78 is 13.5. The van der Waals surface area contributed by atoms with Gasteiger partial charge in [-0.3, -0.25) is 9.69 Å². The molecule has 26 heavy (non-hydrogen) atoms. The van der Waals surface area contributed by atoms with Crippen molar-refractivity contribution >= 4 is 5.91 Å². The molecule has 2 fully saturated rings. The number of hydrogen-bond acceptors (Lipinski definition) is 4. The normalized spacial score (nSPS) is 25.7. The average Bonchev–Trinajstić information content (AvgIpc) is 3.36. The van der Waals surface area contributed by atoms with E-state index in [1.807, 2.05) is 47.0 Å². The number of piperidine rings is 1. The molecule has 0 aromatic carbocycles. The van der Waals surface area contributed by atoms with E-state index in [1.165, 1.54) is 0 Å². The maximum absolute atomic E-state index is 12.9. The van der Waals surface area contributed by atoms with Gasteiger partial charge in [-0.25, -0.2) is 0 Å². The standard InChI is InChI=1S/C20H27N3O3/c1-21(11-16-5-4-10-25-16)13-19-17-12-23(9-7-15(17)14-26-19)20(24)18-6-3-8-22(18)2/h3-6,8,10,15,17,19H,7,9,11-14H2,1-2H3/t15-,17-,19+/m1/s1. The summed E-state index contributed by atoms with van der Waals surface area (Å²) in [6.07, 6.45) is 4.83. The number of fused-ring (bicyclic) bond motifs is 1. The highest BCUT2D eigenvalue weighted by atomic mass is 16.5. The number of furan rings is 1. The number of aryl methyl sites for hydroxylation is 1. The summed E-state index contributed by atoms with van der Waals surface area (Å²) in [4.78, 5) is 17.1. The smallest absolute Gasteiger partial charge is 0.270 e. The van der Waals surface area contributed by atoms with E-state index in [0.29, 0.717) is 11.8 Å². The van der Waals surface area contributed by atoms with E-state index in [-0.39, 0.29) is 12.0 Å². The van der Waals surface area contributed by atoms with E-state index < -0.39 is 0 Å². The van der Waals surface area contributed by atoms with Crippen molar-refractivity contribution in [3.63, 3.8) is 0 Å². The van der Waals surface area contributed by atoms with E-state index in [1.54, 1.807) is 6.26 Å². The lowest BCUT2D eigenvalue weighted by Gasteiger charge is -2.36. The third-order valence-corrected chi connectivity index (χ3v) is 5.76. The van der Waals surface area contributed by atoms with Gasteiger partial charge >= 0.3 is 0 Å². The minimum atomic E-state index is 0.130. The molecule has 0 N–H and O–H groups in total. The predicted molar refractivity (Wildman–Crippen MR) is 97.7 cm³/mol. The average molecular weight is 357 g/mol. The van der Waals surface area contributed by atoms with Gasteiger partial charge in [0.25, 0.3) is 5.91 Å². The van der Waals surface area contributed by atoms with Crippen molar-refractivity contribution in [1.82, 2.24) is 14.4 Å². The van der Waals surface area contributed by atoms with Gasteiger partial charge in [-0.1, -0.05) is 0 Å². The highest BCUT2D eigenvalue weighted by molar-refractivity contribution is 5.92. The van der Waals surface area contributed by atoms with Crippen LogP contribution in [0, 0.1) is 11.8 Å². The zero-order valence-corrected chi connectivity index (χ0v) is 15.5. The molecular formula is C20H27N3O3. The van der Waals surface area contributed by atoms with Crippen LogP contribution >= 0.6 is 0 Å². The fourth-order valence-corrected chi connectivity index (χ4v) is 4.29. The Hall–Kier alpha value is -2.05. The summed E-state index contributed by atoms with van der Waals surface area (Å²) in [5, 5.41) is 0. The Morgan fingerprint density at radius 3 is 2.96 bits per heavy atom. The zero-order chi connectivity index (χ0) is 18.1. The fraction of sp³-hybridized carbons (Fsp3) is 0.550. The lowest BCUT2D eigenvalue weighted by molar-refractivity contribution is 0.0415. The van der Waals surface area contributed by atoms with Crippen LogP contribution in [0.5, 0.6) is 0 Å². The second-order valence-corrected chi connectivity index (χ2v) is 7.62. The van der Waals surface area contributed by atoms with E-state index in [0.717, 1.165) is 50.7 Å². The molecule has 3 atom stereocenters. The number of hydrogen-bond donors (Lipinski definition) is 0. The Morgan fingerprint density at radius 2 is 2.23 bits per heavy atom. The van der Waals surface area contributed by atoms with Crippen molar-refractivity contribution in [2.24, 2.45) is 18.9 Å². The van der Waals surface area contributed by atoms with Crippen molar-refractivity contribution < 1.29 is 13.9 Å². The van der Waals surface area contributed by atoms with Gasteiger partial charge in [0.15, 0.2) is 0 Å². The number of likely N-dealkylation sites (N-methyl/N-ethyl adjacent to an activating group) is 1. The second-order valence-electron chi connectivity index (χ2n) is 7.62. The van der Waals surface area contributed by atoms with Crippen molar-refractivity contribution in [3.05, 3.63) is 48.2 Å². The van der Waals surface area contributed by atoms with Crippen LogP contribution in [-0.4, -0.2) is 59.7 Å². The third kappa shape index (κ3) is 3.44. The fourth-order valence-electron chi connectivity index (χ4n) is 4.29. The molecular weight excluding hydrogens is 330 g/mol. The van der Waals surface area contributed by atoms with Gasteiger partial charge in [-0.15, -0.1) is 0 Å². The number of carbonyl (C=O) groups is 1. The number of aromatic nitrogens is 1. The summed E-state index contributed by atoms with van der Waals surface area (Å²) in [6, 6.07) is 7.73. The molecule has 6 heteroatoms. The maximum Gasteiger partial charge on any atom is 0.270 e. The first-order valence-corrected chi connectivity index (χ1v) is 9.35. The van der Waals surface area contributed by atoms with Crippen LogP contribution in [0.2, 0.25) is 0 Å². The van der Waals surface area contributed by atoms with E-state index in [9.17, 15) is 4.79 Å². The SMILES string of the molecule is CN(Cc1ccco1)C[C@@H]1OC[C@H]2CCN(C(=O)c3cccn3C)C[C@H]21. The topological polar surface area (TPSA) is 50.9 Å². The van der Waals surface area contributed by atoms with Gasteiger partial charge < -0.3 is 18.6 Å². The number of nitrogens with zero attached hydrogens (tertiary/aromatic N) is 3. The van der Waals surface area contributed by atoms with Gasteiger partial charge in [-0.05, 0) is 43.7 Å². The number of ether oxygens (including phenoxy) is 1. The van der Waals surface area contributed by atoms with Crippen molar-refractivity contribution in [2.45, 2.75) is 19.1 Å². The first kappa shape index (κ1) is 17.4. The maximum atomic E-state index is 12.9. The molecule has 0 unspecified atom stereocenters. The molecule has 2 aliphatic rings. The molecule has 2 aromatic heterocycles. The lowest BCUT2D eigenvalue weighted by atomic mass is 9.84. The molecule has 4 heterocycles. The Labute approximate surface area is 154 Å². The highest BCUT2D eigenvalue weighted by Crippen LogP contribution is 2.35. The summed E-state index contributed by atoms with van der Waals surface area (Å²) >= 11 is 0. The second kappa shape index (κ2) is 7.29. The summed E-state index contributed by atoms with van der Waals surface area (Å²) in [7, 11) is 4.01. The van der Waals surface area contributed by atoms with Crippen molar-refractivity contribution in [2.75, 3.05) is 33.3 Å². The van der Waals surface area contributed by atoms with Gasteiger partial charge in [0.05, 0.1) is 25.5 Å². The number of amides is 1. The molecule has 4 rings (SSSR count). The molecule has 140 valence electrons. The van der Waals surface area contributed by atoms with Crippen LogP contribution < -0.4 is 0 Å². The molecule has 2 aromatic rings. The van der Waals surface area contributed by atoms with Crippen molar-refractivity contribution in [3.8, 4) is 0 Å². The molecule has 0 saturated carbocycles. The summed E-state index contributed by atoms with van der Waals surface area (Å²) in [6.45, 7) is 4.05. The quantitative estimate of drug-likeness (QED) is 0.823. The summed E-state index contributed by atoms with van der Waals surface area (Å²) in [5.74, 6) is 2.07. The largest absolute Gasteiger partial charge is 0.468 e. The Kier molecular flexibility index (Phi) is 4.87.